The first-order valence-corrected chi connectivity index (χ1v) is 8.24. The number of nitrogens with zero attached hydrogens (tertiary/aromatic N) is 2. The lowest BCUT2D eigenvalue weighted by Crippen LogP contribution is -2.33. The fourth-order valence-corrected chi connectivity index (χ4v) is 3.29. The van der Waals surface area contributed by atoms with Crippen molar-refractivity contribution in [2.24, 2.45) is 5.16 Å². The number of hydroxylamine groups is 2. The zero-order chi connectivity index (χ0) is 17.1. The molecule has 0 spiro atoms. The fraction of sp³-hybridized carbons (Fsp3) is 0.625. The molecule has 0 radical (unpaired) electrons. The van der Waals surface area contributed by atoms with Gasteiger partial charge in [-0.3, -0.25) is 9.59 Å². The van der Waals surface area contributed by atoms with Crippen molar-refractivity contribution >= 4 is 23.5 Å². The van der Waals surface area contributed by atoms with Crippen molar-refractivity contribution in [3.63, 3.8) is 0 Å². The predicted molar refractivity (Wildman–Crippen MR) is 83.5 cm³/mol. The molecule has 2 fully saturated rings. The summed E-state index contributed by atoms with van der Waals surface area (Å²) < 4.78 is 0. The van der Waals surface area contributed by atoms with Gasteiger partial charge in [-0.05, 0) is 38.2 Å². The minimum Gasteiger partial charge on any atom is -0.383 e. The maximum Gasteiger partial charge on any atom is 0.373 e. The zero-order valence-electron chi connectivity index (χ0n) is 13.6. The standard InChI is InChI=1S/C16H21N3O5/c1-10(12-4-2-3-11-5-6-13(12)17-11)18-23-9-16(22)24-19-14(20)7-8-15(19)21/h4,11,13,17H,2-3,5-9H2,1H3/b18-10+. The summed E-state index contributed by atoms with van der Waals surface area (Å²) in [7, 11) is 0. The molecule has 0 aromatic heterocycles. The van der Waals surface area contributed by atoms with Crippen LogP contribution in [0.5, 0.6) is 0 Å². The van der Waals surface area contributed by atoms with Gasteiger partial charge in [0.05, 0.1) is 5.71 Å². The Balaban J connectivity index is 1.50. The van der Waals surface area contributed by atoms with Crippen molar-refractivity contribution in [3.8, 4) is 0 Å². The lowest BCUT2D eigenvalue weighted by molar-refractivity contribution is -0.200. The van der Waals surface area contributed by atoms with E-state index in [1.165, 1.54) is 6.42 Å². The first-order valence-electron chi connectivity index (χ1n) is 8.24. The van der Waals surface area contributed by atoms with Crippen LogP contribution in [0.2, 0.25) is 0 Å². The smallest absolute Gasteiger partial charge is 0.373 e. The van der Waals surface area contributed by atoms with Crippen LogP contribution < -0.4 is 5.32 Å². The predicted octanol–water partition coefficient (Wildman–Crippen LogP) is 0.827. The molecule has 1 N–H and O–H groups in total. The van der Waals surface area contributed by atoms with Gasteiger partial charge < -0.3 is 15.0 Å². The molecule has 0 aromatic rings. The fourth-order valence-electron chi connectivity index (χ4n) is 3.29. The highest BCUT2D eigenvalue weighted by atomic mass is 16.7. The Bertz CT molecular complexity index is 597. The van der Waals surface area contributed by atoms with Crippen molar-refractivity contribution in [3.05, 3.63) is 11.6 Å². The van der Waals surface area contributed by atoms with Crippen LogP contribution in [0, 0.1) is 0 Å². The third-order valence-corrected chi connectivity index (χ3v) is 4.50. The SMILES string of the molecule is C/C(=N\OCC(=O)ON1C(=O)CCC1=O)C1=CCCC2CCC1N2. The van der Waals surface area contributed by atoms with E-state index in [4.69, 9.17) is 9.68 Å². The van der Waals surface area contributed by atoms with Gasteiger partial charge >= 0.3 is 5.97 Å². The van der Waals surface area contributed by atoms with Crippen LogP contribution in [0.3, 0.4) is 0 Å². The third-order valence-electron chi connectivity index (χ3n) is 4.50. The Morgan fingerprint density at radius 2 is 2.04 bits per heavy atom. The second kappa shape index (κ2) is 7.12. The summed E-state index contributed by atoms with van der Waals surface area (Å²) in [5, 5.41) is 8.04. The third kappa shape index (κ3) is 3.64. The molecule has 0 saturated carbocycles. The summed E-state index contributed by atoms with van der Waals surface area (Å²) >= 11 is 0. The normalized spacial score (nSPS) is 27.1. The van der Waals surface area contributed by atoms with E-state index in [1.807, 2.05) is 6.92 Å². The largest absolute Gasteiger partial charge is 0.383 e. The minimum atomic E-state index is -0.830. The van der Waals surface area contributed by atoms with Crippen LogP contribution >= 0.6 is 0 Å². The minimum absolute atomic E-state index is 0.0633. The quantitative estimate of drug-likeness (QED) is 0.454. The maximum atomic E-state index is 11.6. The summed E-state index contributed by atoms with van der Waals surface area (Å²) in [6.07, 6.45) is 6.65. The van der Waals surface area contributed by atoms with Crippen LogP contribution in [0.1, 0.15) is 45.4 Å². The number of fused-ring (bicyclic) bond motifs is 2. The number of rotatable bonds is 5. The van der Waals surface area contributed by atoms with Gasteiger partial charge in [0.1, 0.15) is 0 Å². The zero-order valence-corrected chi connectivity index (χ0v) is 13.6. The number of hydrogen-bond acceptors (Lipinski definition) is 7. The summed E-state index contributed by atoms with van der Waals surface area (Å²) in [6.45, 7) is 1.38. The van der Waals surface area contributed by atoms with E-state index < -0.39 is 24.4 Å². The topological polar surface area (TPSA) is 97.3 Å². The van der Waals surface area contributed by atoms with Gasteiger partial charge in [-0.1, -0.05) is 11.2 Å². The summed E-state index contributed by atoms with van der Waals surface area (Å²) in [5.41, 5.74) is 1.82. The van der Waals surface area contributed by atoms with E-state index in [2.05, 4.69) is 16.5 Å². The molecule has 8 nitrogen and oxygen atoms in total. The molecule has 2 bridgehead atoms. The van der Waals surface area contributed by atoms with Crippen LogP contribution in [0.25, 0.3) is 0 Å². The first-order chi connectivity index (χ1) is 11.5. The number of amides is 2. The van der Waals surface area contributed by atoms with E-state index in [0.29, 0.717) is 11.1 Å². The van der Waals surface area contributed by atoms with Crippen LogP contribution in [-0.4, -0.2) is 47.2 Å². The molecular weight excluding hydrogens is 314 g/mol. The van der Waals surface area contributed by atoms with Crippen LogP contribution in [-0.2, 0) is 24.1 Å². The molecule has 2 saturated heterocycles. The van der Waals surface area contributed by atoms with Gasteiger partial charge in [0.25, 0.3) is 11.8 Å². The second-order valence-corrected chi connectivity index (χ2v) is 6.23. The molecule has 3 aliphatic rings. The van der Waals surface area contributed by atoms with Crippen molar-refractivity contribution < 1.29 is 24.1 Å². The highest BCUT2D eigenvalue weighted by Crippen LogP contribution is 2.26. The Hall–Kier alpha value is -2.22. The average molecular weight is 335 g/mol. The molecule has 8 heteroatoms. The second-order valence-electron chi connectivity index (χ2n) is 6.23. The highest BCUT2D eigenvalue weighted by molar-refractivity contribution is 6.01. The van der Waals surface area contributed by atoms with Crippen molar-refractivity contribution in [2.75, 3.05) is 6.61 Å². The molecule has 0 aliphatic carbocycles. The molecular formula is C16H21N3O5. The van der Waals surface area contributed by atoms with Gasteiger partial charge in [-0.2, -0.15) is 0 Å². The summed E-state index contributed by atoms with van der Waals surface area (Å²) in [5.74, 6) is -1.86. The monoisotopic (exact) mass is 335 g/mol. The average Bonchev–Trinajstić information content (AvgIpc) is 3.04. The van der Waals surface area contributed by atoms with Gasteiger partial charge in [-0.25, -0.2) is 4.79 Å². The van der Waals surface area contributed by atoms with E-state index in [1.54, 1.807) is 0 Å². The van der Waals surface area contributed by atoms with Gasteiger partial charge in [0, 0.05) is 24.9 Å². The van der Waals surface area contributed by atoms with E-state index in [9.17, 15) is 14.4 Å². The van der Waals surface area contributed by atoms with Crippen molar-refractivity contribution in [2.45, 2.75) is 57.5 Å². The first kappa shape index (κ1) is 16.6. The molecule has 2 amide bonds. The van der Waals surface area contributed by atoms with Crippen molar-refractivity contribution in [1.82, 2.24) is 10.4 Å². The maximum absolute atomic E-state index is 11.6. The molecule has 2 atom stereocenters. The van der Waals surface area contributed by atoms with E-state index in [-0.39, 0.29) is 18.9 Å². The Labute approximate surface area is 139 Å². The van der Waals surface area contributed by atoms with E-state index >= 15 is 0 Å². The highest BCUT2D eigenvalue weighted by Gasteiger charge is 2.33. The molecule has 3 rings (SSSR count). The number of hydrogen-bond donors (Lipinski definition) is 1. The Morgan fingerprint density at radius 3 is 2.79 bits per heavy atom. The number of imide groups is 1. The molecule has 3 aliphatic heterocycles. The lowest BCUT2D eigenvalue weighted by atomic mass is 9.97. The number of carbonyl (C=O) groups excluding carboxylic acids is 3. The number of allylic oxidation sites excluding steroid dienone is 1. The number of nitrogens with one attached hydrogen (secondary N) is 1. The van der Waals surface area contributed by atoms with E-state index in [0.717, 1.165) is 30.5 Å². The van der Waals surface area contributed by atoms with Crippen LogP contribution in [0.15, 0.2) is 16.8 Å². The summed E-state index contributed by atoms with van der Waals surface area (Å²) in [6, 6.07) is 0.861. The van der Waals surface area contributed by atoms with Crippen molar-refractivity contribution in [1.29, 1.82) is 0 Å². The molecule has 24 heavy (non-hydrogen) atoms. The number of oxime groups is 1. The lowest BCUT2D eigenvalue weighted by Gasteiger charge is -2.15. The Morgan fingerprint density at radius 1 is 1.29 bits per heavy atom. The molecule has 2 unspecified atom stereocenters. The number of carbonyl (C=O) groups is 3. The Kier molecular flexibility index (Phi) is 4.94. The van der Waals surface area contributed by atoms with Gasteiger partial charge in [-0.15, -0.1) is 5.06 Å². The van der Waals surface area contributed by atoms with Gasteiger partial charge in [0.15, 0.2) is 0 Å². The summed E-state index contributed by atoms with van der Waals surface area (Å²) in [4.78, 5) is 44.1. The molecule has 3 heterocycles. The van der Waals surface area contributed by atoms with Crippen LogP contribution in [0.4, 0.5) is 0 Å². The molecule has 0 aromatic carbocycles. The molecule has 130 valence electrons. The van der Waals surface area contributed by atoms with Gasteiger partial charge in [0.2, 0.25) is 6.61 Å².